The van der Waals surface area contributed by atoms with E-state index >= 15 is 0 Å². The zero-order valence-corrected chi connectivity index (χ0v) is 15.3. The van der Waals surface area contributed by atoms with E-state index in [0.29, 0.717) is 5.25 Å². The molecule has 0 bridgehead atoms. The molecule has 0 radical (unpaired) electrons. The number of carbonyl (C=O) groups is 1. The van der Waals surface area contributed by atoms with Gasteiger partial charge in [-0.05, 0) is 69.9 Å². The Morgan fingerprint density at radius 3 is 2.57 bits per heavy atom. The fourth-order valence-electron chi connectivity index (χ4n) is 2.61. The van der Waals surface area contributed by atoms with E-state index in [0.717, 1.165) is 32.4 Å². The van der Waals surface area contributed by atoms with Gasteiger partial charge in [-0.3, -0.25) is 4.98 Å². The van der Waals surface area contributed by atoms with Crippen LogP contribution in [0, 0.1) is 0 Å². The summed E-state index contributed by atoms with van der Waals surface area (Å²) >= 11 is 2.05. The largest absolute Gasteiger partial charge is 0.444 e. The smallest absolute Gasteiger partial charge is 0.410 e. The van der Waals surface area contributed by atoms with Crippen molar-refractivity contribution in [3.05, 3.63) is 30.1 Å². The molecule has 0 spiro atoms. The van der Waals surface area contributed by atoms with E-state index in [9.17, 15) is 4.79 Å². The lowest BCUT2D eigenvalue weighted by atomic mass is 10.1. The Kier molecular flexibility index (Phi) is 6.75. The molecule has 0 aliphatic carbocycles. The Morgan fingerprint density at radius 2 is 1.96 bits per heavy atom. The maximum atomic E-state index is 12.0. The predicted molar refractivity (Wildman–Crippen MR) is 95.8 cm³/mol. The molecule has 0 aromatic carbocycles. The fourth-order valence-corrected chi connectivity index (χ4v) is 3.80. The van der Waals surface area contributed by atoms with E-state index in [4.69, 9.17) is 4.74 Å². The normalized spacial score (nSPS) is 16.4. The summed E-state index contributed by atoms with van der Waals surface area (Å²) in [6.07, 6.45) is 7.99. The predicted octanol–water partition coefficient (Wildman–Crippen LogP) is 4.15. The Morgan fingerprint density at radius 1 is 1.30 bits per heavy atom. The molecular weight excluding hydrogens is 308 g/mol. The van der Waals surface area contributed by atoms with Gasteiger partial charge in [-0.15, -0.1) is 0 Å². The van der Waals surface area contributed by atoms with Crippen molar-refractivity contribution in [2.24, 2.45) is 0 Å². The molecule has 1 aromatic heterocycles. The number of likely N-dealkylation sites (tertiary alicyclic amines) is 1. The minimum atomic E-state index is -0.407. The minimum Gasteiger partial charge on any atom is -0.444 e. The van der Waals surface area contributed by atoms with Crippen LogP contribution in [0.5, 0.6) is 0 Å². The lowest BCUT2D eigenvalue weighted by Gasteiger charge is -2.33. The van der Waals surface area contributed by atoms with Crippen LogP contribution in [0.15, 0.2) is 24.5 Å². The highest BCUT2D eigenvalue weighted by Gasteiger charge is 2.26. The molecule has 0 saturated carbocycles. The highest BCUT2D eigenvalue weighted by Crippen LogP contribution is 2.25. The summed E-state index contributed by atoms with van der Waals surface area (Å²) in [5.41, 5.74) is 0.954. The maximum Gasteiger partial charge on any atom is 0.410 e. The first-order valence-electron chi connectivity index (χ1n) is 8.42. The molecular formula is C18H28N2O2S. The summed E-state index contributed by atoms with van der Waals surface area (Å²) < 4.78 is 5.44. The summed E-state index contributed by atoms with van der Waals surface area (Å²) in [7, 11) is 0. The Balaban J connectivity index is 1.60. The number of rotatable bonds is 5. The molecule has 0 atom stereocenters. The van der Waals surface area contributed by atoms with Gasteiger partial charge in [-0.1, -0.05) is 0 Å². The van der Waals surface area contributed by atoms with Crippen molar-refractivity contribution in [1.82, 2.24) is 9.88 Å². The Hall–Kier alpha value is -1.23. The van der Waals surface area contributed by atoms with E-state index in [-0.39, 0.29) is 6.09 Å². The Labute approximate surface area is 144 Å². The van der Waals surface area contributed by atoms with Crippen molar-refractivity contribution in [2.75, 3.05) is 18.8 Å². The molecule has 128 valence electrons. The van der Waals surface area contributed by atoms with Gasteiger partial charge >= 0.3 is 6.09 Å². The van der Waals surface area contributed by atoms with Crippen LogP contribution < -0.4 is 0 Å². The molecule has 1 saturated heterocycles. The third-order valence-electron chi connectivity index (χ3n) is 3.81. The summed E-state index contributed by atoms with van der Waals surface area (Å²) in [6, 6.07) is 4.17. The van der Waals surface area contributed by atoms with Crippen molar-refractivity contribution in [3.8, 4) is 0 Å². The second-order valence-corrected chi connectivity index (χ2v) is 8.40. The SMILES string of the molecule is CC(C)(C)OC(=O)N1CCC(SCCCc2ccncc2)CC1. The number of pyridine rings is 1. The first kappa shape index (κ1) is 18.1. The monoisotopic (exact) mass is 336 g/mol. The van der Waals surface area contributed by atoms with Gasteiger partial charge in [0.25, 0.3) is 0 Å². The highest BCUT2D eigenvalue weighted by molar-refractivity contribution is 7.99. The zero-order valence-electron chi connectivity index (χ0n) is 14.5. The van der Waals surface area contributed by atoms with Crippen LogP contribution in [-0.2, 0) is 11.2 Å². The van der Waals surface area contributed by atoms with Crippen LogP contribution in [0.1, 0.15) is 45.6 Å². The number of hydrogen-bond donors (Lipinski definition) is 0. The minimum absolute atomic E-state index is 0.168. The van der Waals surface area contributed by atoms with Gasteiger partial charge in [0.15, 0.2) is 0 Å². The van der Waals surface area contributed by atoms with E-state index < -0.39 is 5.60 Å². The van der Waals surface area contributed by atoms with Crippen LogP contribution in [0.4, 0.5) is 4.79 Å². The van der Waals surface area contributed by atoms with Crippen molar-refractivity contribution in [1.29, 1.82) is 0 Å². The average molecular weight is 337 g/mol. The van der Waals surface area contributed by atoms with Gasteiger partial charge in [-0.25, -0.2) is 4.79 Å². The lowest BCUT2D eigenvalue weighted by Crippen LogP contribution is -2.42. The van der Waals surface area contributed by atoms with Gasteiger partial charge in [0, 0.05) is 30.7 Å². The number of amides is 1. The number of aryl methyl sites for hydroxylation is 1. The van der Waals surface area contributed by atoms with Gasteiger partial charge in [0.1, 0.15) is 5.60 Å². The number of thioether (sulfide) groups is 1. The van der Waals surface area contributed by atoms with Gasteiger partial charge in [0.2, 0.25) is 0 Å². The molecule has 0 N–H and O–H groups in total. The summed E-state index contributed by atoms with van der Waals surface area (Å²) in [6.45, 7) is 7.37. The molecule has 5 heteroatoms. The van der Waals surface area contributed by atoms with Gasteiger partial charge < -0.3 is 9.64 Å². The molecule has 23 heavy (non-hydrogen) atoms. The molecule has 2 heterocycles. The number of ether oxygens (including phenoxy) is 1. The van der Waals surface area contributed by atoms with E-state index in [1.807, 2.05) is 49.8 Å². The fraction of sp³-hybridized carbons (Fsp3) is 0.667. The highest BCUT2D eigenvalue weighted by atomic mass is 32.2. The lowest BCUT2D eigenvalue weighted by molar-refractivity contribution is 0.0219. The van der Waals surface area contributed by atoms with E-state index in [1.165, 1.54) is 17.7 Å². The van der Waals surface area contributed by atoms with Crippen LogP contribution in [0.2, 0.25) is 0 Å². The third kappa shape index (κ3) is 6.81. The number of aromatic nitrogens is 1. The van der Waals surface area contributed by atoms with Crippen molar-refractivity contribution in [2.45, 2.75) is 57.3 Å². The van der Waals surface area contributed by atoms with Gasteiger partial charge in [0.05, 0.1) is 0 Å². The van der Waals surface area contributed by atoms with Crippen LogP contribution >= 0.6 is 11.8 Å². The molecule has 2 rings (SSSR count). The van der Waals surface area contributed by atoms with Crippen LogP contribution in [0.25, 0.3) is 0 Å². The second kappa shape index (κ2) is 8.57. The number of carbonyl (C=O) groups excluding carboxylic acids is 1. The van der Waals surface area contributed by atoms with Gasteiger partial charge in [-0.2, -0.15) is 11.8 Å². The van der Waals surface area contributed by atoms with Crippen molar-refractivity contribution >= 4 is 17.9 Å². The summed E-state index contributed by atoms with van der Waals surface area (Å²) in [4.78, 5) is 17.9. The van der Waals surface area contributed by atoms with Crippen LogP contribution in [-0.4, -0.2) is 45.7 Å². The zero-order chi connectivity index (χ0) is 16.7. The van der Waals surface area contributed by atoms with E-state index in [2.05, 4.69) is 17.1 Å². The van der Waals surface area contributed by atoms with Crippen molar-refractivity contribution < 1.29 is 9.53 Å². The van der Waals surface area contributed by atoms with Crippen LogP contribution in [0.3, 0.4) is 0 Å². The van der Waals surface area contributed by atoms with E-state index in [1.54, 1.807) is 0 Å². The number of nitrogens with zero attached hydrogens (tertiary/aromatic N) is 2. The average Bonchev–Trinajstić information content (AvgIpc) is 2.51. The second-order valence-electron chi connectivity index (χ2n) is 7.00. The molecule has 1 aliphatic rings. The quantitative estimate of drug-likeness (QED) is 0.758. The Bertz CT molecular complexity index is 480. The first-order valence-corrected chi connectivity index (χ1v) is 9.47. The third-order valence-corrected chi connectivity index (χ3v) is 5.27. The summed E-state index contributed by atoms with van der Waals surface area (Å²) in [5, 5.41) is 0.672. The first-order chi connectivity index (χ1) is 10.9. The number of piperidine rings is 1. The standard InChI is InChI=1S/C18H28N2O2S/c1-18(2,3)22-17(21)20-12-8-16(9-13-20)23-14-4-5-15-6-10-19-11-7-15/h6-7,10-11,16H,4-5,8-9,12-14H2,1-3H3. The molecule has 1 aromatic rings. The molecule has 4 nitrogen and oxygen atoms in total. The topological polar surface area (TPSA) is 42.4 Å². The molecule has 1 amide bonds. The van der Waals surface area contributed by atoms with Crippen molar-refractivity contribution in [3.63, 3.8) is 0 Å². The maximum absolute atomic E-state index is 12.0. The molecule has 0 unspecified atom stereocenters. The molecule has 1 aliphatic heterocycles. The number of hydrogen-bond acceptors (Lipinski definition) is 4. The summed E-state index contributed by atoms with van der Waals surface area (Å²) in [5.74, 6) is 1.18. The molecule has 1 fully saturated rings.